The van der Waals surface area contributed by atoms with Crippen LogP contribution in [0.3, 0.4) is 0 Å². The fraction of sp³-hybridized carbons (Fsp3) is 0.412. The van der Waals surface area contributed by atoms with E-state index in [2.05, 4.69) is 31.4 Å². The number of nitrogens with one attached hydrogen (secondary N) is 2. The molecule has 1 atom stereocenters. The van der Waals surface area contributed by atoms with Gasteiger partial charge in [-0.15, -0.1) is 0 Å². The summed E-state index contributed by atoms with van der Waals surface area (Å²) >= 11 is 1.41. The first-order chi connectivity index (χ1) is 12.1. The molecule has 0 bridgehead atoms. The molecule has 8 heteroatoms. The van der Waals surface area contributed by atoms with Crippen molar-refractivity contribution in [2.24, 2.45) is 13.0 Å². The highest BCUT2D eigenvalue weighted by atomic mass is 32.2. The third-order valence-electron chi connectivity index (χ3n) is 4.39. The summed E-state index contributed by atoms with van der Waals surface area (Å²) in [6.45, 7) is 2.05. The number of H-pyrrole nitrogens is 1. The zero-order chi connectivity index (χ0) is 17.4. The van der Waals surface area contributed by atoms with Gasteiger partial charge in [-0.1, -0.05) is 17.8 Å². The first-order valence-corrected chi connectivity index (χ1v) is 9.31. The first kappa shape index (κ1) is 16.1. The van der Waals surface area contributed by atoms with Crippen LogP contribution in [0.15, 0.2) is 29.7 Å². The molecule has 7 nitrogen and oxygen atoms in total. The molecule has 0 aliphatic heterocycles. The van der Waals surface area contributed by atoms with Crippen molar-refractivity contribution in [3.63, 3.8) is 0 Å². The zero-order valence-corrected chi connectivity index (χ0v) is 15.0. The van der Waals surface area contributed by atoms with Gasteiger partial charge in [-0.2, -0.15) is 5.10 Å². The van der Waals surface area contributed by atoms with Crippen molar-refractivity contribution in [2.75, 3.05) is 5.75 Å². The number of hydrogen-bond acceptors (Lipinski definition) is 5. The van der Waals surface area contributed by atoms with Gasteiger partial charge in [-0.3, -0.25) is 9.48 Å². The molecule has 1 saturated carbocycles. The molecule has 0 unspecified atom stereocenters. The number of hydrogen-bond donors (Lipinski definition) is 2. The second-order valence-electron chi connectivity index (χ2n) is 6.48. The van der Waals surface area contributed by atoms with Crippen molar-refractivity contribution in [1.29, 1.82) is 0 Å². The molecule has 2 aromatic heterocycles. The maximum Gasteiger partial charge on any atom is 0.231 e. The summed E-state index contributed by atoms with van der Waals surface area (Å²) in [5.74, 6) is 1.59. The number of benzene rings is 1. The van der Waals surface area contributed by atoms with E-state index in [-0.39, 0.29) is 11.9 Å². The molecule has 130 valence electrons. The van der Waals surface area contributed by atoms with Gasteiger partial charge in [0, 0.05) is 7.05 Å². The average Bonchev–Trinajstić information content (AvgIpc) is 3.22. The molecular formula is C17H20N6OS. The number of amides is 1. The molecule has 3 aromatic rings. The molecule has 1 aliphatic carbocycles. The lowest BCUT2D eigenvalue weighted by Crippen LogP contribution is -2.33. The Morgan fingerprint density at radius 2 is 2.32 bits per heavy atom. The number of nitrogens with zero attached hydrogens (tertiary/aromatic N) is 4. The number of aromatic amines is 1. The molecule has 25 heavy (non-hydrogen) atoms. The van der Waals surface area contributed by atoms with E-state index in [1.807, 2.05) is 26.1 Å². The summed E-state index contributed by atoms with van der Waals surface area (Å²) in [4.78, 5) is 24.5. The van der Waals surface area contributed by atoms with Crippen LogP contribution in [-0.2, 0) is 11.8 Å². The average molecular weight is 356 g/mol. The Bertz CT molecular complexity index is 913. The summed E-state index contributed by atoms with van der Waals surface area (Å²) in [6, 6.07) is 6.02. The minimum Gasteiger partial charge on any atom is -0.345 e. The smallest absolute Gasteiger partial charge is 0.231 e. The van der Waals surface area contributed by atoms with Crippen LogP contribution in [-0.4, -0.2) is 36.4 Å². The van der Waals surface area contributed by atoms with Crippen molar-refractivity contribution in [3.8, 4) is 0 Å². The van der Waals surface area contributed by atoms with Gasteiger partial charge < -0.3 is 10.3 Å². The molecule has 1 aromatic carbocycles. The maximum atomic E-state index is 12.4. The Morgan fingerprint density at radius 1 is 1.48 bits per heavy atom. The van der Waals surface area contributed by atoms with E-state index in [0.717, 1.165) is 34.9 Å². The van der Waals surface area contributed by atoms with Crippen LogP contribution in [0.1, 0.15) is 30.3 Å². The summed E-state index contributed by atoms with van der Waals surface area (Å²) in [6.07, 6.45) is 3.77. The second-order valence-corrected chi connectivity index (χ2v) is 7.44. The van der Waals surface area contributed by atoms with Gasteiger partial charge in [0.25, 0.3) is 0 Å². The number of thioether (sulfide) groups is 1. The number of rotatable bonds is 6. The Kier molecular flexibility index (Phi) is 4.20. The quantitative estimate of drug-likeness (QED) is 0.662. The van der Waals surface area contributed by atoms with Crippen LogP contribution in [0.2, 0.25) is 0 Å². The van der Waals surface area contributed by atoms with E-state index in [1.54, 1.807) is 4.68 Å². The highest BCUT2D eigenvalue weighted by Crippen LogP contribution is 2.40. The number of carbonyl (C=O) groups is 1. The monoisotopic (exact) mass is 356 g/mol. The van der Waals surface area contributed by atoms with Crippen LogP contribution in [0.5, 0.6) is 0 Å². The summed E-state index contributed by atoms with van der Waals surface area (Å²) in [5, 5.41) is 7.99. The Morgan fingerprint density at radius 3 is 3.04 bits per heavy atom. The van der Waals surface area contributed by atoms with Gasteiger partial charge in [0.2, 0.25) is 5.91 Å². The van der Waals surface area contributed by atoms with Gasteiger partial charge in [-0.05, 0) is 43.4 Å². The number of aryl methyl sites for hydroxylation is 2. The van der Waals surface area contributed by atoms with Crippen LogP contribution in [0.4, 0.5) is 0 Å². The van der Waals surface area contributed by atoms with Crippen molar-refractivity contribution < 1.29 is 4.79 Å². The van der Waals surface area contributed by atoms with Gasteiger partial charge >= 0.3 is 0 Å². The van der Waals surface area contributed by atoms with E-state index in [4.69, 9.17) is 0 Å². The molecule has 1 fully saturated rings. The second kappa shape index (κ2) is 6.51. The van der Waals surface area contributed by atoms with E-state index < -0.39 is 0 Å². The fourth-order valence-corrected chi connectivity index (χ4v) is 3.62. The molecule has 2 heterocycles. The minimum absolute atomic E-state index is 0.0125. The highest BCUT2D eigenvalue weighted by Gasteiger charge is 2.36. The molecule has 0 saturated heterocycles. The Balaban J connectivity index is 1.40. The van der Waals surface area contributed by atoms with Gasteiger partial charge in [0.05, 0.1) is 22.8 Å². The zero-order valence-electron chi connectivity index (χ0n) is 14.2. The van der Waals surface area contributed by atoms with Gasteiger partial charge in [0.15, 0.2) is 5.16 Å². The summed E-state index contributed by atoms with van der Waals surface area (Å²) in [7, 11) is 1.86. The predicted molar refractivity (Wildman–Crippen MR) is 96.2 cm³/mol. The van der Waals surface area contributed by atoms with Gasteiger partial charge in [0.1, 0.15) is 12.2 Å². The number of fused-ring (bicyclic) bond motifs is 1. The molecule has 1 aliphatic rings. The molecule has 2 N–H and O–H groups in total. The SMILES string of the molecule is Cc1ccc2nc(SCC(=O)N[C@H](c3ncnn3C)C3CC3)[nH]c2c1. The van der Waals surface area contributed by atoms with Crippen molar-refractivity contribution >= 4 is 28.7 Å². The van der Waals surface area contributed by atoms with Crippen molar-refractivity contribution in [1.82, 2.24) is 30.0 Å². The third-order valence-corrected chi connectivity index (χ3v) is 5.26. The van der Waals surface area contributed by atoms with E-state index in [1.165, 1.54) is 23.7 Å². The fourth-order valence-electron chi connectivity index (χ4n) is 2.93. The number of carbonyl (C=O) groups excluding carboxylic acids is 1. The highest BCUT2D eigenvalue weighted by molar-refractivity contribution is 7.99. The largest absolute Gasteiger partial charge is 0.345 e. The standard InChI is InChI=1S/C17H20N6OS/c1-10-3-6-12-13(7-10)21-17(20-12)25-8-14(24)22-15(11-4-5-11)16-18-9-19-23(16)2/h3,6-7,9,11,15H,4-5,8H2,1-2H3,(H,20,21)(H,22,24)/t15-/m0/s1. The lowest BCUT2D eigenvalue weighted by molar-refractivity contribution is -0.119. The van der Waals surface area contributed by atoms with Crippen LogP contribution in [0.25, 0.3) is 11.0 Å². The minimum atomic E-state index is -0.0566. The van der Waals surface area contributed by atoms with Crippen molar-refractivity contribution in [2.45, 2.75) is 31.0 Å². The molecule has 1 amide bonds. The van der Waals surface area contributed by atoms with Crippen LogP contribution < -0.4 is 5.32 Å². The summed E-state index contributed by atoms with van der Waals surface area (Å²) in [5.41, 5.74) is 3.10. The normalized spacial score (nSPS) is 15.4. The Hall–Kier alpha value is -2.35. The van der Waals surface area contributed by atoms with E-state index >= 15 is 0 Å². The number of imidazole rings is 1. The lowest BCUT2D eigenvalue weighted by atomic mass is 10.1. The van der Waals surface area contributed by atoms with Crippen LogP contribution in [0, 0.1) is 12.8 Å². The molecule has 0 radical (unpaired) electrons. The van der Waals surface area contributed by atoms with Gasteiger partial charge in [-0.25, -0.2) is 9.97 Å². The molecular weight excluding hydrogens is 336 g/mol. The van der Waals surface area contributed by atoms with Crippen LogP contribution >= 0.6 is 11.8 Å². The third kappa shape index (κ3) is 3.53. The van der Waals surface area contributed by atoms with E-state index in [0.29, 0.717) is 11.7 Å². The predicted octanol–water partition coefficient (Wildman–Crippen LogP) is 2.36. The topological polar surface area (TPSA) is 88.5 Å². The van der Waals surface area contributed by atoms with E-state index in [9.17, 15) is 4.79 Å². The van der Waals surface area contributed by atoms with Crippen molar-refractivity contribution in [3.05, 3.63) is 35.9 Å². The molecule has 4 rings (SSSR count). The number of aromatic nitrogens is 5. The Labute approximate surface area is 149 Å². The maximum absolute atomic E-state index is 12.4. The summed E-state index contributed by atoms with van der Waals surface area (Å²) < 4.78 is 1.73. The lowest BCUT2D eigenvalue weighted by Gasteiger charge is -2.17. The first-order valence-electron chi connectivity index (χ1n) is 8.32. The molecule has 0 spiro atoms.